The first-order valence-corrected chi connectivity index (χ1v) is 5.33. The molecule has 0 fully saturated rings. The molecule has 0 spiro atoms. The molecule has 0 aliphatic carbocycles. The number of hydrogen-bond donors (Lipinski definition) is 0. The van der Waals surface area contributed by atoms with Crippen LogP contribution in [0, 0.1) is 0 Å². The lowest BCUT2D eigenvalue weighted by molar-refractivity contribution is 0.0944. The van der Waals surface area contributed by atoms with Crippen LogP contribution in [0.25, 0.3) is 0 Å². The van der Waals surface area contributed by atoms with Gasteiger partial charge >= 0.3 is 0 Å². The maximum atomic E-state index is 12.0. The van der Waals surface area contributed by atoms with Crippen LogP contribution in [0.15, 0.2) is 36.9 Å². The zero-order valence-electron chi connectivity index (χ0n) is 9.70. The quantitative estimate of drug-likeness (QED) is 0.807. The minimum absolute atomic E-state index is 0.0757. The largest absolute Gasteiger partial charge is 0.491 e. The third kappa shape index (κ3) is 2.69. The summed E-state index contributed by atoms with van der Waals surface area (Å²) < 4.78 is 6.71. The Morgan fingerprint density at radius 3 is 2.88 bits per heavy atom. The number of ether oxygens (including phenoxy) is 1. The van der Waals surface area contributed by atoms with Crippen molar-refractivity contribution in [3.05, 3.63) is 42.5 Å². The number of carbonyl (C=O) groups excluding carboxylic acids is 1. The number of carbonyl (C=O) groups is 1. The topological polar surface area (TPSA) is 57.0 Å². The second-order valence-corrected chi connectivity index (χ2v) is 3.84. The van der Waals surface area contributed by atoms with Gasteiger partial charge in [0.25, 0.3) is 5.91 Å². The van der Waals surface area contributed by atoms with Crippen LogP contribution in [0.1, 0.15) is 24.2 Å². The monoisotopic (exact) mass is 231 g/mol. The highest BCUT2D eigenvalue weighted by molar-refractivity contribution is 5.95. The molecule has 0 N–H and O–H groups in total. The Labute approximate surface area is 99.1 Å². The molecule has 0 saturated carbocycles. The predicted molar refractivity (Wildman–Crippen MR) is 62.0 cm³/mol. The SMILES string of the molecule is CC(C)Oc1cccc(C(=O)n2cncn2)c1. The smallest absolute Gasteiger partial charge is 0.279 e. The first kappa shape index (κ1) is 11.3. The van der Waals surface area contributed by atoms with Gasteiger partial charge in [0.2, 0.25) is 0 Å². The normalized spacial score (nSPS) is 10.5. The number of benzene rings is 1. The van der Waals surface area contributed by atoms with E-state index in [1.54, 1.807) is 18.2 Å². The van der Waals surface area contributed by atoms with E-state index in [0.29, 0.717) is 11.3 Å². The molecular formula is C12H13N3O2. The summed E-state index contributed by atoms with van der Waals surface area (Å²) in [6, 6.07) is 7.02. The van der Waals surface area contributed by atoms with Crippen LogP contribution in [-0.4, -0.2) is 26.8 Å². The summed E-state index contributed by atoms with van der Waals surface area (Å²) in [5.41, 5.74) is 0.522. The average molecular weight is 231 g/mol. The fourth-order valence-electron chi connectivity index (χ4n) is 1.42. The Kier molecular flexibility index (Phi) is 3.18. The van der Waals surface area contributed by atoms with Gasteiger partial charge in [-0.3, -0.25) is 4.79 Å². The van der Waals surface area contributed by atoms with Gasteiger partial charge in [-0.05, 0) is 32.0 Å². The van der Waals surface area contributed by atoms with Crippen LogP contribution < -0.4 is 4.74 Å². The van der Waals surface area contributed by atoms with Gasteiger partial charge < -0.3 is 4.74 Å². The Morgan fingerprint density at radius 1 is 1.41 bits per heavy atom. The number of aromatic nitrogens is 3. The molecule has 5 heteroatoms. The fourth-order valence-corrected chi connectivity index (χ4v) is 1.42. The molecule has 17 heavy (non-hydrogen) atoms. The van der Waals surface area contributed by atoms with E-state index in [9.17, 15) is 4.79 Å². The summed E-state index contributed by atoms with van der Waals surface area (Å²) in [6.07, 6.45) is 2.77. The average Bonchev–Trinajstić information content (AvgIpc) is 2.81. The van der Waals surface area contributed by atoms with Crippen LogP contribution in [0.3, 0.4) is 0 Å². The minimum atomic E-state index is -0.225. The highest BCUT2D eigenvalue weighted by Crippen LogP contribution is 2.15. The molecule has 2 rings (SSSR count). The molecule has 1 aromatic carbocycles. The molecule has 2 aromatic rings. The van der Waals surface area contributed by atoms with Gasteiger partial charge in [0.15, 0.2) is 0 Å². The summed E-state index contributed by atoms with van der Waals surface area (Å²) in [7, 11) is 0. The first-order valence-electron chi connectivity index (χ1n) is 5.33. The third-order valence-electron chi connectivity index (χ3n) is 2.08. The van der Waals surface area contributed by atoms with Crippen molar-refractivity contribution in [2.75, 3.05) is 0 Å². The summed E-state index contributed by atoms with van der Waals surface area (Å²) in [5, 5.41) is 3.80. The minimum Gasteiger partial charge on any atom is -0.491 e. The Bertz CT molecular complexity index is 506. The van der Waals surface area contributed by atoms with Crippen LogP contribution in [0.4, 0.5) is 0 Å². The summed E-state index contributed by atoms with van der Waals surface area (Å²) >= 11 is 0. The third-order valence-corrected chi connectivity index (χ3v) is 2.08. The van der Waals surface area contributed by atoms with Gasteiger partial charge in [-0.1, -0.05) is 6.07 Å². The summed E-state index contributed by atoms with van der Waals surface area (Å²) in [6.45, 7) is 3.87. The molecule has 5 nitrogen and oxygen atoms in total. The fraction of sp³-hybridized carbons (Fsp3) is 0.250. The van der Waals surface area contributed by atoms with E-state index in [4.69, 9.17) is 4.74 Å². The van der Waals surface area contributed by atoms with Crippen molar-refractivity contribution in [3.8, 4) is 5.75 Å². The van der Waals surface area contributed by atoms with Gasteiger partial charge in [-0.25, -0.2) is 4.98 Å². The number of nitrogens with zero attached hydrogens (tertiary/aromatic N) is 3. The molecule has 0 atom stereocenters. The van der Waals surface area contributed by atoms with Gasteiger partial charge in [0.05, 0.1) is 6.10 Å². The molecule has 0 amide bonds. The van der Waals surface area contributed by atoms with Crippen molar-refractivity contribution < 1.29 is 9.53 Å². The molecule has 88 valence electrons. The maximum Gasteiger partial charge on any atom is 0.279 e. The van der Waals surface area contributed by atoms with E-state index in [1.165, 1.54) is 17.3 Å². The second kappa shape index (κ2) is 4.78. The molecule has 0 bridgehead atoms. The lowest BCUT2D eigenvalue weighted by atomic mass is 10.2. The van der Waals surface area contributed by atoms with E-state index in [-0.39, 0.29) is 12.0 Å². The van der Waals surface area contributed by atoms with E-state index in [1.807, 2.05) is 19.9 Å². The summed E-state index contributed by atoms with van der Waals surface area (Å²) in [4.78, 5) is 15.7. The van der Waals surface area contributed by atoms with Gasteiger partial charge in [-0.2, -0.15) is 9.78 Å². The van der Waals surface area contributed by atoms with Crippen molar-refractivity contribution in [2.45, 2.75) is 20.0 Å². The Balaban J connectivity index is 2.24. The molecular weight excluding hydrogens is 218 g/mol. The van der Waals surface area contributed by atoms with Crippen molar-refractivity contribution >= 4 is 5.91 Å². The van der Waals surface area contributed by atoms with Gasteiger partial charge in [0.1, 0.15) is 18.4 Å². The lowest BCUT2D eigenvalue weighted by Gasteiger charge is -2.10. The molecule has 0 unspecified atom stereocenters. The number of hydrogen-bond acceptors (Lipinski definition) is 4. The lowest BCUT2D eigenvalue weighted by Crippen LogP contribution is -2.13. The van der Waals surface area contributed by atoms with Crippen molar-refractivity contribution in [1.82, 2.24) is 14.8 Å². The second-order valence-electron chi connectivity index (χ2n) is 3.84. The molecule has 0 aliphatic heterocycles. The number of rotatable bonds is 3. The Hall–Kier alpha value is -2.17. The molecule has 1 aromatic heterocycles. The van der Waals surface area contributed by atoms with Crippen molar-refractivity contribution in [1.29, 1.82) is 0 Å². The van der Waals surface area contributed by atoms with Crippen LogP contribution in [0.2, 0.25) is 0 Å². The molecule has 1 heterocycles. The Morgan fingerprint density at radius 2 is 2.24 bits per heavy atom. The van der Waals surface area contributed by atoms with Crippen LogP contribution in [-0.2, 0) is 0 Å². The van der Waals surface area contributed by atoms with E-state index >= 15 is 0 Å². The molecule has 0 aliphatic rings. The van der Waals surface area contributed by atoms with Crippen molar-refractivity contribution in [2.24, 2.45) is 0 Å². The van der Waals surface area contributed by atoms with Crippen LogP contribution >= 0.6 is 0 Å². The van der Waals surface area contributed by atoms with Gasteiger partial charge in [-0.15, -0.1) is 0 Å². The zero-order valence-corrected chi connectivity index (χ0v) is 9.70. The zero-order chi connectivity index (χ0) is 12.3. The van der Waals surface area contributed by atoms with E-state index < -0.39 is 0 Å². The van der Waals surface area contributed by atoms with Crippen LogP contribution in [0.5, 0.6) is 5.75 Å². The maximum absolute atomic E-state index is 12.0. The van der Waals surface area contributed by atoms with E-state index in [0.717, 1.165) is 0 Å². The first-order chi connectivity index (χ1) is 8.16. The van der Waals surface area contributed by atoms with Crippen molar-refractivity contribution in [3.63, 3.8) is 0 Å². The standard InChI is InChI=1S/C12H13N3O2/c1-9(2)17-11-5-3-4-10(6-11)12(16)15-8-13-7-14-15/h3-9H,1-2H3. The van der Waals surface area contributed by atoms with E-state index in [2.05, 4.69) is 10.1 Å². The molecule has 0 saturated heterocycles. The van der Waals surface area contributed by atoms with Gasteiger partial charge in [0, 0.05) is 5.56 Å². The predicted octanol–water partition coefficient (Wildman–Crippen LogP) is 1.75. The highest BCUT2D eigenvalue weighted by Gasteiger charge is 2.10. The molecule has 0 radical (unpaired) electrons. The highest BCUT2D eigenvalue weighted by atomic mass is 16.5. The summed E-state index contributed by atoms with van der Waals surface area (Å²) in [5.74, 6) is 0.447.